The zero-order valence-electron chi connectivity index (χ0n) is 13.8. The van der Waals surface area contributed by atoms with Crippen molar-refractivity contribution in [3.63, 3.8) is 0 Å². The molecule has 0 saturated heterocycles. The normalized spacial score (nSPS) is 16.1. The third kappa shape index (κ3) is 4.65. The summed E-state index contributed by atoms with van der Waals surface area (Å²) in [5.41, 5.74) is 0.906. The number of nitrogens with zero attached hydrogens (tertiary/aromatic N) is 4. The molecule has 25 heavy (non-hydrogen) atoms. The second-order valence-corrected chi connectivity index (χ2v) is 7.85. The molecular weight excluding hydrogens is 381 g/mol. The maximum absolute atomic E-state index is 12.2. The van der Waals surface area contributed by atoms with Crippen molar-refractivity contribution >= 4 is 40.9 Å². The first-order valence-electron chi connectivity index (χ1n) is 8.19. The zero-order chi connectivity index (χ0) is 17.8. The van der Waals surface area contributed by atoms with E-state index in [1.165, 1.54) is 24.6 Å². The summed E-state index contributed by atoms with van der Waals surface area (Å²) in [5, 5.41) is 16.5. The van der Waals surface area contributed by atoms with Gasteiger partial charge in [-0.05, 0) is 47.9 Å². The minimum atomic E-state index is -0.159. The van der Waals surface area contributed by atoms with Crippen LogP contribution in [0.1, 0.15) is 50.3 Å². The molecule has 1 aliphatic carbocycles. The molecule has 0 spiro atoms. The molecule has 2 aromatic rings. The van der Waals surface area contributed by atoms with Crippen LogP contribution in [0.5, 0.6) is 0 Å². The predicted octanol–water partition coefficient (Wildman–Crippen LogP) is 4.06. The van der Waals surface area contributed by atoms with Crippen molar-refractivity contribution in [1.29, 1.82) is 0 Å². The largest absolute Gasteiger partial charge is 0.349 e. The summed E-state index contributed by atoms with van der Waals surface area (Å²) >= 11 is 13.3. The van der Waals surface area contributed by atoms with Crippen molar-refractivity contribution < 1.29 is 4.79 Å². The van der Waals surface area contributed by atoms with Gasteiger partial charge in [-0.25, -0.2) is 4.68 Å². The molecule has 1 aromatic heterocycles. The quantitative estimate of drug-likeness (QED) is 0.741. The Hall–Kier alpha value is -1.31. The lowest BCUT2D eigenvalue weighted by molar-refractivity contribution is -0.119. The lowest BCUT2D eigenvalue weighted by Gasteiger charge is -2.15. The lowest BCUT2D eigenvalue weighted by atomic mass is 10.1. The lowest BCUT2D eigenvalue weighted by Crippen LogP contribution is -2.28. The molecular formula is C16H19Cl2N5OS. The number of hydrogen-bond acceptors (Lipinski definition) is 5. The maximum atomic E-state index is 12.2. The summed E-state index contributed by atoms with van der Waals surface area (Å²) in [5.74, 6) is 0.184. The van der Waals surface area contributed by atoms with E-state index in [1.807, 2.05) is 17.7 Å². The first kappa shape index (κ1) is 18.5. The average molecular weight is 400 g/mol. The molecule has 1 amide bonds. The summed E-state index contributed by atoms with van der Waals surface area (Å²) in [6.07, 6.45) is 4.60. The molecule has 134 valence electrons. The second-order valence-electron chi connectivity index (χ2n) is 6.10. The Morgan fingerprint density at radius 2 is 2.12 bits per heavy atom. The van der Waals surface area contributed by atoms with E-state index >= 15 is 0 Å². The topological polar surface area (TPSA) is 72.7 Å². The van der Waals surface area contributed by atoms with Crippen LogP contribution in [-0.2, 0) is 4.79 Å². The van der Waals surface area contributed by atoms with Crippen molar-refractivity contribution in [1.82, 2.24) is 25.5 Å². The minimum absolute atomic E-state index is 0.0791. The third-order valence-corrected chi connectivity index (χ3v) is 5.96. The molecule has 0 radical (unpaired) electrons. The van der Waals surface area contributed by atoms with Crippen LogP contribution in [0.25, 0.3) is 0 Å². The van der Waals surface area contributed by atoms with Crippen LogP contribution in [0.4, 0.5) is 0 Å². The molecule has 9 heteroatoms. The smallest absolute Gasteiger partial charge is 0.230 e. The Labute approximate surface area is 160 Å². The van der Waals surface area contributed by atoms with Crippen LogP contribution in [0.2, 0.25) is 10.0 Å². The van der Waals surface area contributed by atoms with Crippen LogP contribution in [0.3, 0.4) is 0 Å². The number of carbonyl (C=O) groups is 1. The molecule has 1 N–H and O–H groups in total. The van der Waals surface area contributed by atoms with Crippen LogP contribution in [-0.4, -0.2) is 31.9 Å². The molecule has 3 rings (SSSR count). The highest BCUT2D eigenvalue weighted by molar-refractivity contribution is 7.99. The molecule has 0 aliphatic heterocycles. The van der Waals surface area contributed by atoms with Crippen molar-refractivity contribution in [2.75, 3.05) is 5.75 Å². The van der Waals surface area contributed by atoms with Gasteiger partial charge in [0.25, 0.3) is 0 Å². The van der Waals surface area contributed by atoms with Crippen LogP contribution in [0.15, 0.2) is 23.4 Å². The monoisotopic (exact) mass is 399 g/mol. The predicted molar refractivity (Wildman–Crippen MR) is 99.1 cm³/mol. The molecule has 1 heterocycles. The molecule has 6 nitrogen and oxygen atoms in total. The van der Waals surface area contributed by atoms with E-state index in [1.54, 1.807) is 12.1 Å². The summed E-state index contributed by atoms with van der Waals surface area (Å²) in [4.78, 5) is 12.2. The van der Waals surface area contributed by atoms with Crippen molar-refractivity contribution in [2.24, 2.45) is 0 Å². The Kier molecular flexibility index (Phi) is 6.19. The van der Waals surface area contributed by atoms with Gasteiger partial charge in [0.2, 0.25) is 11.1 Å². The van der Waals surface area contributed by atoms with Gasteiger partial charge in [0.15, 0.2) is 0 Å². The molecule has 1 atom stereocenters. The Morgan fingerprint density at radius 1 is 1.36 bits per heavy atom. The standard InChI is InChI=1S/C16H19Cl2N5OS/c1-10(11-6-7-13(17)14(18)8-11)19-15(24)9-25-16-20-21-22-23(16)12-4-2-3-5-12/h6-8,10,12H,2-5,9H2,1H3,(H,19,24). The second kappa shape index (κ2) is 8.38. The van der Waals surface area contributed by atoms with Crippen molar-refractivity contribution in [3.05, 3.63) is 33.8 Å². The number of tetrazole rings is 1. The van der Waals surface area contributed by atoms with E-state index in [9.17, 15) is 4.79 Å². The zero-order valence-corrected chi connectivity index (χ0v) is 16.1. The van der Waals surface area contributed by atoms with E-state index in [4.69, 9.17) is 23.2 Å². The van der Waals surface area contributed by atoms with Crippen molar-refractivity contribution in [2.45, 2.75) is 49.8 Å². The van der Waals surface area contributed by atoms with Gasteiger partial charge in [-0.15, -0.1) is 5.10 Å². The van der Waals surface area contributed by atoms with E-state index in [0.717, 1.165) is 18.4 Å². The van der Waals surface area contributed by atoms with E-state index in [0.29, 0.717) is 21.2 Å². The highest BCUT2D eigenvalue weighted by atomic mass is 35.5. The van der Waals surface area contributed by atoms with Gasteiger partial charge in [-0.1, -0.05) is 53.9 Å². The first-order chi connectivity index (χ1) is 12.0. The van der Waals surface area contributed by atoms with Crippen LogP contribution in [0, 0.1) is 0 Å². The van der Waals surface area contributed by atoms with Gasteiger partial charge in [0.1, 0.15) is 0 Å². The molecule has 1 saturated carbocycles. The van der Waals surface area contributed by atoms with Gasteiger partial charge < -0.3 is 5.32 Å². The molecule has 1 aromatic carbocycles. The highest BCUT2D eigenvalue weighted by Crippen LogP contribution is 2.31. The van der Waals surface area contributed by atoms with E-state index in [2.05, 4.69) is 20.8 Å². The van der Waals surface area contributed by atoms with E-state index < -0.39 is 0 Å². The fourth-order valence-electron chi connectivity index (χ4n) is 2.94. The molecule has 1 aliphatic rings. The third-order valence-electron chi connectivity index (χ3n) is 4.29. The molecule has 1 fully saturated rings. The maximum Gasteiger partial charge on any atom is 0.230 e. The Bertz CT molecular complexity index is 748. The van der Waals surface area contributed by atoms with Gasteiger partial charge in [-0.2, -0.15) is 0 Å². The Balaban J connectivity index is 1.54. The fraction of sp³-hybridized carbons (Fsp3) is 0.500. The average Bonchev–Trinajstić information content (AvgIpc) is 3.26. The number of amides is 1. The van der Waals surface area contributed by atoms with Gasteiger partial charge in [0, 0.05) is 0 Å². The Morgan fingerprint density at radius 3 is 2.84 bits per heavy atom. The summed E-state index contributed by atoms with van der Waals surface area (Å²) in [7, 11) is 0. The summed E-state index contributed by atoms with van der Waals surface area (Å²) in [6.45, 7) is 1.91. The number of rotatable bonds is 6. The fourth-order valence-corrected chi connectivity index (χ4v) is 4.00. The van der Waals surface area contributed by atoms with Crippen LogP contribution < -0.4 is 5.32 Å². The number of aromatic nitrogens is 4. The first-order valence-corrected chi connectivity index (χ1v) is 9.93. The number of nitrogens with one attached hydrogen (secondary N) is 1. The SMILES string of the molecule is CC(NC(=O)CSc1nnnn1C1CCCC1)c1ccc(Cl)c(Cl)c1. The van der Waals surface area contributed by atoms with Crippen LogP contribution >= 0.6 is 35.0 Å². The molecule has 0 bridgehead atoms. The highest BCUT2D eigenvalue weighted by Gasteiger charge is 2.22. The van der Waals surface area contributed by atoms with Gasteiger partial charge >= 0.3 is 0 Å². The van der Waals surface area contributed by atoms with Gasteiger partial charge in [-0.3, -0.25) is 4.79 Å². The number of thioether (sulfide) groups is 1. The molecule has 1 unspecified atom stereocenters. The number of benzene rings is 1. The number of hydrogen-bond donors (Lipinski definition) is 1. The van der Waals surface area contributed by atoms with Gasteiger partial charge in [0.05, 0.1) is 27.9 Å². The van der Waals surface area contributed by atoms with Crippen molar-refractivity contribution in [3.8, 4) is 0 Å². The summed E-state index contributed by atoms with van der Waals surface area (Å²) < 4.78 is 1.85. The number of halogens is 2. The van der Waals surface area contributed by atoms with E-state index in [-0.39, 0.29) is 17.7 Å². The number of carbonyl (C=O) groups excluding carboxylic acids is 1. The summed E-state index contributed by atoms with van der Waals surface area (Å²) in [6, 6.07) is 5.55. The minimum Gasteiger partial charge on any atom is -0.349 e.